The van der Waals surface area contributed by atoms with Gasteiger partial charge in [-0.05, 0) is 15.4 Å². The van der Waals surface area contributed by atoms with E-state index in [0.29, 0.717) is 6.61 Å². The molecule has 118 valence electrons. The predicted octanol–water partition coefficient (Wildman–Crippen LogP) is 1.04. The molecule has 0 bridgehead atoms. The summed E-state index contributed by atoms with van der Waals surface area (Å²) in [6, 6.07) is 21.5. The number of hydrogen-bond donors (Lipinski definition) is 0. The number of rotatable bonds is 5. The molecule has 2 aromatic carbocycles. The molecule has 3 heteroatoms. The third-order valence-corrected chi connectivity index (χ3v) is 9.01. The monoisotopic (exact) mass is 318 g/mol. The van der Waals surface area contributed by atoms with Crippen molar-refractivity contribution in [3.63, 3.8) is 0 Å². The van der Waals surface area contributed by atoms with Crippen LogP contribution in [0.5, 0.6) is 0 Å². The zero-order chi connectivity index (χ0) is 16.2. The molecule has 0 radical (unpaired) electrons. The van der Waals surface area contributed by atoms with Crippen LogP contribution in [-0.4, -0.2) is 14.9 Å². The van der Waals surface area contributed by atoms with E-state index in [4.69, 9.17) is 4.43 Å². The normalized spacial score (nSPS) is 13.3. The van der Waals surface area contributed by atoms with Gasteiger partial charge in [0.2, 0.25) is 0 Å². The summed E-state index contributed by atoms with van der Waals surface area (Å²) in [5, 5.41) is 2.70. The van der Waals surface area contributed by atoms with Gasteiger partial charge in [0.05, 0.1) is 0 Å². The van der Waals surface area contributed by atoms with Crippen LogP contribution in [0.1, 0.15) is 27.7 Å². The Morgan fingerprint density at radius 1 is 0.913 bits per heavy atom. The molecule has 0 saturated carbocycles. The quantitative estimate of drug-likeness (QED) is 0.591. The minimum absolute atomic E-state index is 0. The molecule has 1 atom stereocenters. The molecule has 0 fully saturated rings. The van der Waals surface area contributed by atoms with E-state index in [9.17, 15) is 0 Å². The molecule has 1 unspecified atom stereocenters. The summed E-state index contributed by atoms with van der Waals surface area (Å²) in [7, 11) is -2.35. The first-order chi connectivity index (χ1) is 10.4. The Balaban J connectivity index is 0.00000264. The van der Waals surface area contributed by atoms with Crippen molar-refractivity contribution in [3.05, 3.63) is 67.6 Å². The maximum absolute atomic E-state index is 6.70. The van der Waals surface area contributed by atoms with Gasteiger partial charge in [0.1, 0.15) is 0 Å². The zero-order valence-corrected chi connectivity index (χ0v) is 16.2. The van der Waals surface area contributed by atoms with E-state index < -0.39 is 8.32 Å². The first kappa shape index (κ1) is 20.3. The molecule has 1 nitrogen and oxygen atoms in total. The average Bonchev–Trinajstić information content (AvgIpc) is 2.48. The summed E-state index contributed by atoms with van der Waals surface area (Å²) in [5.74, 6) is 0.279. The molecule has 0 saturated heterocycles. The average molecular weight is 318 g/mol. The van der Waals surface area contributed by atoms with Gasteiger partial charge in [0.25, 0.3) is 8.32 Å². The van der Waals surface area contributed by atoms with Gasteiger partial charge in [0.15, 0.2) is 0 Å². The van der Waals surface area contributed by atoms with Crippen LogP contribution in [0.3, 0.4) is 0 Å². The van der Waals surface area contributed by atoms with Crippen LogP contribution in [-0.2, 0) is 4.43 Å². The fourth-order valence-corrected chi connectivity index (χ4v) is 7.72. The molecule has 2 aromatic rings. The fraction of sp³-hybridized carbons (Fsp3) is 0.350. The molecule has 0 aliphatic carbocycles. The Bertz CT molecular complexity index is 536. The Kier molecular flexibility index (Phi) is 7.36. The number of hydrogen-bond acceptors (Lipinski definition) is 1. The van der Waals surface area contributed by atoms with Crippen LogP contribution in [0.25, 0.3) is 0 Å². The third-order valence-electron chi connectivity index (χ3n) is 4.00. The van der Waals surface area contributed by atoms with Crippen molar-refractivity contribution < 1.29 is 23.3 Å². The molecule has 2 rings (SSSR count). The third kappa shape index (κ3) is 4.39. The van der Waals surface area contributed by atoms with Gasteiger partial charge in [-0.15, -0.1) is 5.92 Å². The summed E-state index contributed by atoms with van der Waals surface area (Å²) in [6.07, 6.45) is 0. The maximum Gasteiger partial charge on any atom is 1.00 e. The van der Waals surface area contributed by atoms with Crippen molar-refractivity contribution in [1.29, 1.82) is 0 Å². The van der Waals surface area contributed by atoms with E-state index >= 15 is 0 Å². The van der Waals surface area contributed by atoms with E-state index in [1.165, 1.54) is 10.4 Å². The SMILES string of the molecule is [CH2-]C(C)CO[Si](c1ccccc1)(c1ccccc1)C(C)(C)C.[Li+]. The minimum atomic E-state index is -2.35. The second-order valence-corrected chi connectivity index (χ2v) is 11.4. The Morgan fingerprint density at radius 2 is 1.30 bits per heavy atom. The zero-order valence-electron chi connectivity index (χ0n) is 15.2. The molecular formula is C20H27LiOSi. The van der Waals surface area contributed by atoms with E-state index in [0.717, 1.165) is 0 Å². The Hall–Kier alpha value is -0.786. The minimum Gasteiger partial charge on any atom is -0.410 e. The van der Waals surface area contributed by atoms with Gasteiger partial charge in [-0.3, -0.25) is 0 Å². The Morgan fingerprint density at radius 3 is 1.61 bits per heavy atom. The van der Waals surface area contributed by atoms with Crippen molar-refractivity contribution >= 4 is 18.7 Å². The summed E-state index contributed by atoms with van der Waals surface area (Å²) >= 11 is 0. The molecule has 23 heavy (non-hydrogen) atoms. The smallest absolute Gasteiger partial charge is 0.410 e. The first-order valence-electron chi connectivity index (χ1n) is 7.96. The van der Waals surface area contributed by atoms with E-state index in [-0.39, 0.29) is 29.8 Å². The predicted molar refractivity (Wildman–Crippen MR) is 98.1 cm³/mol. The van der Waals surface area contributed by atoms with Gasteiger partial charge in [-0.1, -0.05) is 88.4 Å². The Labute approximate surface area is 154 Å². The molecule has 0 spiro atoms. The van der Waals surface area contributed by atoms with Crippen LogP contribution in [0.15, 0.2) is 60.7 Å². The molecular weight excluding hydrogens is 291 g/mol. The van der Waals surface area contributed by atoms with Crippen molar-refractivity contribution in [1.82, 2.24) is 0 Å². The van der Waals surface area contributed by atoms with Crippen LogP contribution in [0.2, 0.25) is 5.04 Å². The topological polar surface area (TPSA) is 9.23 Å². The second-order valence-electron chi connectivity index (χ2n) is 7.08. The fourth-order valence-electron chi connectivity index (χ4n) is 3.03. The summed E-state index contributed by atoms with van der Waals surface area (Å²) in [4.78, 5) is 0. The van der Waals surface area contributed by atoms with Crippen molar-refractivity contribution in [2.75, 3.05) is 6.61 Å². The summed E-state index contributed by atoms with van der Waals surface area (Å²) in [6.45, 7) is 13.8. The molecule has 0 aromatic heterocycles. The van der Waals surface area contributed by atoms with Crippen molar-refractivity contribution in [2.24, 2.45) is 5.92 Å². The molecule has 0 N–H and O–H groups in total. The van der Waals surface area contributed by atoms with Gasteiger partial charge in [0, 0.05) is 6.61 Å². The second kappa shape index (κ2) is 8.35. The summed E-state index contributed by atoms with van der Waals surface area (Å²) < 4.78 is 6.70. The van der Waals surface area contributed by atoms with Crippen LogP contribution in [0, 0.1) is 12.8 Å². The van der Waals surface area contributed by atoms with Crippen LogP contribution >= 0.6 is 0 Å². The molecule has 0 aliphatic heterocycles. The van der Waals surface area contributed by atoms with E-state index in [1.54, 1.807) is 0 Å². The van der Waals surface area contributed by atoms with Crippen molar-refractivity contribution in [2.45, 2.75) is 32.7 Å². The van der Waals surface area contributed by atoms with Crippen LogP contribution in [0.4, 0.5) is 0 Å². The van der Waals surface area contributed by atoms with Gasteiger partial charge in [-0.2, -0.15) is 0 Å². The molecule has 0 aliphatic rings. The molecule has 0 amide bonds. The van der Waals surface area contributed by atoms with E-state index in [2.05, 4.69) is 95.3 Å². The maximum atomic E-state index is 6.70. The molecule has 0 heterocycles. The first-order valence-corrected chi connectivity index (χ1v) is 9.87. The van der Waals surface area contributed by atoms with E-state index in [1.807, 2.05) is 0 Å². The van der Waals surface area contributed by atoms with Crippen molar-refractivity contribution in [3.8, 4) is 0 Å². The number of benzene rings is 2. The van der Waals surface area contributed by atoms with Gasteiger partial charge in [-0.25, -0.2) is 0 Å². The summed E-state index contributed by atoms with van der Waals surface area (Å²) in [5.41, 5.74) is 0. The van der Waals surface area contributed by atoms with Gasteiger partial charge >= 0.3 is 18.9 Å². The largest absolute Gasteiger partial charge is 1.00 e. The van der Waals surface area contributed by atoms with Crippen LogP contribution < -0.4 is 29.2 Å². The van der Waals surface area contributed by atoms with Gasteiger partial charge < -0.3 is 11.3 Å². The standard InChI is InChI=1S/C20H27OSi.Li/c1-17(2)16-21-22(20(3,4)5,18-12-8-6-9-13-18)19-14-10-7-11-15-19;/h6-15,17H,1,16H2,2-5H3;/q-1;+1.